The molecule has 5 heteroatoms. The number of nitrogens with zero attached hydrogens (tertiary/aromatic N) is 1. The van der Waals surface area contributed by atoms with E-state index in [-0.39, 0.29) is 24.2 Å². The van der Waals surface area contributed by atoms with E-state index in [0.29, 0.717) is 18.8 Å². The van der Waals surface area contributed by atoms with E-state index in [4.69, 9.17) is 4.74 Å². The number of aryl methyl sites for hydroxylation is 1. The summed E-state index contributed by atoms with van der Waals surface area (Å²) >= 11 is 0. The van der Waals surface area contributed by atoms with E-state index in [9.17, 15) is 9.59 Å². The Morgan fingerprint density at radius 1 is 1.19 bits per heavy atom. The molecular formula is C22H26N2O3. The summed E-state index contributed by atoms with van der Waals surface area (Å²) in [6.07, 6.45) is 1.18. The molecule has 0 unspecified atom stereocenters. The van der Waals surface area contributed by atoms with Crippen LogP contribution in [0.3, 0.4) is 0 Å². The number of carbonyl (C=O) groups is 2. The standard InChI is InChI=1S/C22H26N2O3/c1-4-12-27-19-10-8-18(9-11-19)23-22(26)17-13-21(25)24(14-17)20-7-5-6-15(2)16(20)3/h5-11,17H,4,12-14H2,1-3H3,(H,23,26)/t17-/m0/s1. The first-order chi connectivity index (χ1) is 13.0. The van der Waals surface area contributed by atoms with Gasteiger partial charge in [0.2, 0.25) is 11.8 Å². The minimum Gasteiger partial charge on any atom is -0.494 e. The molecule has 0 aromatic heterocycles. The first-order valence-electron chi connectivity index (χ1n) is 9.40. The van der Waals surface area contributed by atoms with Crippen molar-refractivity contribution in [1.29, 1.82) is 0 Å². The van der Waals surface area contributed by atoms with Crippen LogP contribution in [0.25, 0.3) is 0 Å². The maximum Gasteiger partial charge on any atom is 0.229 e. The Morgan fingerprint density at radius 2 is 1.93 bits per heavy atom. The van der Waals surface area contributed by atoms with Gasteiger partial charge in [-0.1, -0.05) is 19.1 Å². The van der Waals surface area contributed by atoms with Crippen LogP contribution in [0.4, 0.5) is 11.4 Å². The molecule has 2 amide bonds. The zero-order valence-electron chi connectivity index (χ0n) is 16.1. The Labute approximate surface area is 160 Å². The lowest BCUT2D eigenvalue weighted by Gasteiger charge is -2.20. The molecule has 0 spiro atoms. The summed E-state index contributed by atoms with van der Waals surface area (Å²) in [4.78, 5) is 26.8. The van der Waals surface area contributed by atoms with Gasteiger partial charge in [-0.25, -0.2) is 0 Å². The lowest BCUT2D eigenvalue weighted by molar-refractivity contribution is -0.122. The molecule has 0 aliphatic carbocycles. The molecule has 1 atom stereocenters. The second kappa shape index (κ2) is 8.25. The molecule has 1 saturated heterocycles. The summed E-state index contributed by atoms with van der Waals surface area (Å²) in [5.41, 5.74) is 3.82. The highest BCUT2D eigenvalue weighted by molar-refractivity contribution is 6.03. The van der Waals surface area contributed by atoms with Crippen LogP contribution < -0.4 is 15.0 Å². The predicted octanol–water partition coefficient (Wildman–Crippen LogP) is 4.08. The minimum absolute atomic E-state index is 0.00726. The lowest BCUT2D eigenvalue weighted by atomic mass is 10.1. The zero-order chi connectivity index (χ0) is 19.4. The van der Waals surface area contributed by atoms with Gasteiger partial charge in [0.25, 0.3) is 0 Å². The number of amides is 2. The van der Waals surface area contributed by atoms with Crippen molar-refractivity contribution >= 4 is 23.2 Å². The van der Waals surface area contributed by atoms with E-state index in [1.165, 1.54) is 0 Å². The van der Waals surface area contributed by atoms with Crippen molar-refractivity contribution in [3.8, 4) is 5.75 Å². The molecule has 142 valence electrons. The van der Waals surface area contributed by atoms with Crippen LogP contribution in [0.15, 0.2) is 42.5 Å². The SMILES string of the molecule is CCCOc1ccc(NC(=O)[C@H]2CC(=O)N(c3cccc(C)c3C)C2)cc1. The fraction of sp³-hybridized carbons (Fsp3) is 0.364. The topological polar surface area (TPSA) is 58.6 Å². The van der Waals surface area contributed by atoms with Crippen LogP contribution in [0.5, 0.6) is 5.75 Å². The highest BCUT2D eigenvalue weighted by atomic mass is 16.5. The Balaban J connectivity index is 1.64. The second-order valence-electron chi connectivity index (χ2n) is 6.99. The van der Waals surface area contributed by atoms with Crippen molar-refractivity contribution in [3.63, 3.8) is 0 Å². The molecular weight excluding hydrogens is 340 g/mol. The normalized spacial score (nSPS) is 16.5. The van der Waals surface area contributed by atoms with Crippen molar-refractivity contribution in [3.05, 3.63) is 53.6 Å². The van der Waals surface area contributed by atoms with Crippen LogP contribution in [0, 0.1) is 19.8 Å². The van der Waals surface area contributed by atoms with Crippen LogP contribution in [-0.2, 0) is 9.59 Å². The number of hydrogen-bond acceptors (Lipinski definition) is 3. The van der Waals surface area contributed by atoms with E-state index < -0.39 is 0 Å². The number of anilines is 2. The smallest absolute Gasteiger partial charge is 0.229 e. The number of benzene rings is 2. The fourth-order valence-corrected chi connectivity index (χ4v) is 3.24. The average Bonchev–Trinajstić information content (AvgIpc) is 3.05. The van der Waals surface area contributed by atoms with E-state index >= 15 is 0 Å². The molecule has 1 aliphatic heterocycles. The summed E-state index contributed by atoms with van der Waals surface area (Å²) < 4.78 is 5.55. The average molecular weight is 366 g/mol. The van der Waals surface area contributed by atoms with Gasteiger partial charge in [-0.2, -0.15) is 0 Å². The molecule has 1 aliphatic rings. The minimum atomic E-state index is -0.353. The third kappa shape index (κ3) is 4.30. The molecule has 5 nitrogen and oxygen atoms in total. The van der Waals surface area contributed by atoms with Crippen molar-refractivity contribution in [2.24, 2.45) is 5.92 Å². The molecule has 2 aromatic rings. The van der Waals surface area contributed by atoms with Gasteiger partial charge >= 0.3 is 0 Å². The van der Waals surface area contributed by atoms with Gasteiger partial charge in [0.1, 0.15) is 5.75 Å². The van der Waals surface area contributed by atoms with E-state index in [1.54, 1.807) is 4.90 Å². The van der Waals surface area contributed by atoms with Gasteiger partial charge in [0.15, 0.2) is 0 Å². The molecule has 1 fully saturated rings. The maximum atomic E-state index is 12.6. The number of carbonyl (C=O) groups excluding carboxylic acids is 2. The Bertz CT molecular complexity index is 830. The maximum absolute atomic E-state index is 12.6. The molecule has 2 aromatic carbocycles. The molecule has 27 heavy (non-hydrogen) atoms. The lowest BCUT2D eigenvalue weighted by Crippen LogP contribution is -2.28. The van der Waals surface area contributed by atoms with Gasteiger partial charge in [-0.05, 0) is 61.7 Å². The summed E-state index contributed by atoms with van der Waals surface area (Å²) in [5, 5.41) is 2.91. The van der Waals surface area contributed by atoms with Gasteiger partial charge in [0.05, 0.1) is 12.5 Å². The largest absolute Gasteiger partial charge is 0.494 e. The second-order valence-corrected chi connectivity index (χ2v) is 6.99. The van der Waals surface area contributed by atoms with Crippen molar-refractivity contribution in [2.45, 2.75) is 33.6 Å². The molecule has 3 rings (SSSR count). The molecule has 0 saturated carbocycles. The Morgan fingerprint density at radius 3 is 2.63 bits per heavy atom. The predicted molar refractivity (Wildman–Crippen MR) is 107 cm³/mol. The quantitative estimate of drug-likeness (QED) is 0.838. The highest BCUT2D eigenvalue weighted by Crippen LogP contribution is 2.30. The Kier molecular flexibility index (Phi) is 5.79. The first kappa shape index (κ1) is 19.0. The number of hydrogen-bond donors (Lipinski definition) is 1. The van der Waals surface area contributed by atoms with Gasteiger partial charge in [-0.3, -0.25) is 9.59 Å². The van der Waals surface area contributed by atoms with Crippen molar-refractivity contribution < 1.29 is 14.3 Å². The van der Waals surface area contributed by atoms with Gasteiger partial charge in [0, 0.05) is 24.3 Å². The first-order valence-corrected chi connectivity index (χ1v) is 9.40. The number of ether oxygens (including phenoxy) is 1. The number of rotatable bonds is 6. The van der Waals surface area contributed by atoms with E-state index in [1.807, 2.05) is 56.3 Å². The van der Waals surface area contributed by atoms with Crippen molar-refractivity contribution in [1.82, 2.24) is 0 Å². The summed E-state index contributed by atoms with van der Waals surface area (Å²) in [6.45, 7) is 7.17. The summed E-state index contributed by atoms with van der Waals surface area (Å²) in [7, 11) is 0. The monoisotopic (exact) mass is 366 g/mol. The van der Waals surface area contributed by atoms with Crippen LogP contribution in [-0.4, -0.2) is 25.0 Å². The number of nitrogens with one attached hydrogen (secondary N) is 1. The molecule has 0 radical (unpaired) electrons. The summed E-state index contributed by atoms with van der Waals surface area (Å²) in [6, 6.07) is 13.2. The van der Waals surface area contributed by atoms with Gasteiger partial charge in [-0.15, -0.1) is 0 Å². The fourth-order valence-electron chi connectivity index (χ4n) is 3.24. The third-order valence-corrected chi connectivity index (χ3v) is 4.96. The third-order valence-electron chi connectivity index (χ3n) is 4.96. The van der Waals surface area contributed by atoms with Crippen molar-refractivity contribution in [2.75, 3.05) is 23.4 Å². The molecule has 1 heterocycles. The van der Waals surface area contributed by atoms with E-state index in [2.05, 4.69) is 12.2 Å². The molecule has 0 bridgehead atoms. The van der Waals surface area contributed by atoms with Crippen LogP contribution in [0.1, 0.15) is 30.9 Å². The summed E-state index contributed by atoms with van der Waals surface area (Å²) in [5.74, 6) is 0.297. The van der Waals surface area contributed by atoms with Crippen LogP contribution >= 0.6 is 0 Å². The zero-order valence-corrected chi connectivity index (χ0v) is 16.1. The van der Waals surface area contributed by atoms with Crippen LogP contribution in [0.2, 0.25) is 0 Å². The molecule has 1 N–H and O–H groups in total. The van der Waals surface area contributed by atoms with Gasteiger partial charge < -0.3 is 15.0 Å². The Hall–Kier alpha value is -2.82. The van der Waals surface area contributed by atoms with E-state index in [0.717, 1.165) is 29.0 Å². The highest BCUT2D eigenvalue weighted by Gasteiger charge is 2.35.